The number of aliphatic hydroxyl groups is 1. The summed E-state index contributed by atoms with van der Waals surface area (Å²) in [6, 6.07) is 21.5. The number of ether oxygens (including phenoxy) is 1. The quantitative estimate of drug-likeness (QED) is 0.767. The van der Waals surface area contributed by atoms with E-state index in [0.29, 0.717) is 18.1 Å². The standard InChI is InChI=1S/C20H19NO2/c1-2-23-20-18(19(22)16-11-7-4-8-12-16)13-17(14-21-20)15-9-5-3-6-10-15/h3-14,19,22H,2H2,1H3. The van der Waals surface area contributed by atoms with Gasteiger partial charge in [0.15, 0.2) is 0 Å². The Bertz CT molecular complexity index is 757. The first-order chi connectivity index (χ1) is 11.3. The summed E-state index contributed by atoms with van der Waals surface area (Å²) >= 11 is 0. The van der Waals surface area contributed by atoms with Gasteiger partial charge in [-0.2, -0.15) is 0 Å². The molecule has 3 aromatic rings. The number of benzene rings is 2. The SMILES string of the molecule is CCOc1ncc(-c2ccccc2)cc1C(O)c1ccccc1. The van der Waals surface area contributed by atoms with E-state index < -0.39 is 6.10 Å². The van der Waals surface area contributed by atoms with Gasteiger partial charge in [0, 0.05) is 17.3 Å². The van der Waals surface area contributed by atoms with Gasteiger partial charge in [0.2, 0.25) is 5.88 Å². The fourth-order valence-electron chi connectivity index (χ4n) is 2.53. The molecule has 0 aliphatic carbocycles. The number of nitrogens with zero attached hydrogens (tertiary/aromatic N) is 1. The molecule has 0 bridgehead atoms. The molecule has 0 radical (unpaired) electrons. The van der Waals surface area contributed by atoms with Crippen LogP contribution in [0.2, 0.25) is 0 Å². The first-order valence-electron chi connectivity index (χ1n) is 7.70. The van der Waals surface area contributed by atoms with Crippen LogP contribution in [-0.4, -0.2) is 16.7 Å². The first-order valence-corrected chi connectivity index (χ1v) is 7.70. The van der Waals surface area contributed by atoms with Crippen molar-refractivity contribution in [2.24, 2.45) is 0 Å². The molecule has 0 spiro atoms. The van der Waals surface area contributed by atoms with Crippen molar-refractivity contribution in [1.29, 1.82) is 0 Å². The molecule has 2 aromatic carbocycles. The lowest BCUT2D eigenvalue weighted by Gasteiger charge is -2.16. The molecule has 0 amide bonds. The molecule has 1 atom stereocenters. The number of aromatic nitrogens is 1. The molecular weight excluding hydrogens is 286 g/mol. The van der Waals surface area contributed by atoms with E-state index in [2.05, 4.69) is 4.98 Å². The Balaban J connectivity index is 2.05. The van der Waals surface area contributed by atoms with Crippen LogP contribution in [0.15, 0.2) is 72.9 Å². The molecular formula is C20H19NO2. The number of rotatable bonds is 5. The van der Waals surface area contributed by atoms with Crippen molar-refractivity contribution in [1.82, 2.24) is 4.98 Å². The average Bonchev–Trinajstić information content (AvgIpc) is 2.63. The van der Waals surface area contributed by atoms with Crippen molar-refractivity contribution in [3.05, 3.63) is 84.1 Å². The summed E-state index contributed by atoms with van der Waals surface area (Å²) in [5.41, 5.74) is 3.52. The lowest BCUT2D eigenvalue weighted by Crippen LogP contribution is -2.06. The lowest BCUT2D eigenvalue weighted by molar-refractivity contribution is 0.210. The predicted octanol–water partition coefficient (Wildman–Crippen LogP) is 4.23. The van der Waals surface area contributed by atoms with Gasteiger partial charge in [0.05, 0.1) is 6.61 Å². The van der Waals surface area contributed by atoms with E-state index in [-0.39, 0.29) is 0 Å². The molecule has 0 saturated carbocycles. The van der Waals surface area contributed by atoms with Crippen molar-refractivity contribution >= 4 is 0 Å². The Kier molecular flexibility index (Phi) is 4.69. The Labute approximate surface area is 136 Å². The molecule has 3 nitrogen and oxygen atoms in total. The summed E-state index contributed by atoms with van der Waals surface area (Å²) in [5.74, 6) is 0.475. The molecule has 1 N–H and O–H groups in total. The van der Waals surface area contributed by atoms with Crippen LogP contribution in [0.4, 0.5) is 0 Å². The molecule has 3 heteroatoms. The minimum atomic E-state index is -0.770. The zero-order valence-corrected chi connectivity index (χ0v) is 13.0. The first kappa shape index (κ1) is 15.3. The van der Waals surface area contributed by atoms with Crippen LogP contribution >= 0.6 is 0 Å². The summed E-state index contributed by atoms with van der Waals surface area (Å²) in [6.45, 7) is 2.41. The second-order valence-electron chi connectivity index (χ2n) is 5.23. The molecule has 0 aliphatic rings. The third kappa shape index (κ3) is 3.41. The minimum absolute atomic E-state index is 0.475. The van der Waals surface area contributed by atoms with Gasteiger partial charge in [-0.3, -0.25) is 0 Å². The monoisotopic (exact) mass is 305 g/mol. The summed E-state index contributed by atoms with van der Waals surface area (Å²) in [5, 5.41) is 10.8. The Hall–Kier alpha value is -2.65. The molecule has 0 fully saturated rings. The minimum Gasteiger partial charge on any atom is -0.478 e. The topological polar surface area (TPSA) is 42.4 Å². The Morgan fingerprint density at radius 1 is 0.957 bits per heavy atom. The fourth-order valence-corrected chi connectivity index (χ4v) is 2.53. The van der Waals surface area contributed by atoms with Crippen LogP contribution in [0.25, 0.3) is 11.1 Å². The normalized spacial score (nSPS) is 11.9. The van der Waals surface area contributed by atoms with Crippen LogP contribution < -0.4 is 4.74 Å². The average molecular weight is 305 g/mol. The van der Waals surface area contributed by atoms with E-state index in [0.717, 1.165) is 16.7 Å². The molecule has 3 rings (SSSR count). The summed E-state index contributed by atoms with van der Waals surface area (Å²) < 4.78 is 5.60. The van der Waals surface area contributed by atoms with Crippen molar-refractivity contribution < 1.29 is 9.84 Å². The molecule has 1 unspecified atom stereocenters. The summed E-state index contributed by atoms with van der Waals surface area (Å²) in [7, 11) is 0. The third-order valence-corrected chi connectivity index (χ3v) is 3.68. The van der Waals surface area contributed by atoms with Crippen molar-refractivity contribution in [2.45, 2.75) is 13.0 Å². The number of hydrogen-bond acceptors (Lipinski definition) is 3. The molecule has 116 valence electrons. The Morgan fingerprint density at radius 2 is 1.61 bits per heavy atom. The highest BCUT2D eigenvalue weighted by Crippen LogP contribution is 2.32. The van der Waals surface area contributed by atoms with Gasteiger partial charge < -0.3 is 9.84 Å². The van der Waals surface area contributed by atoms with Gasteiger partial charge in [-0.25, -0.2) is 4.98 Å². The lowest BCUT2D eigenvalue weighted by atomic mass is 9.99. The van der Waals surface area contributed by atoms with Gasteiger partial charge in [0.25, 0.3) is 0 Å². The third-order valence-electron chi connectivity index (χ3n) is 3.68. The molecule has 23 heavy (non-hydrogen) atoms. The second-order valence-corrected chi connectivity index (χ2v) is 5.23. The molecule has 1 aromatic heterocycles. The fraction of sp³-hybridized carbons (Fsp3) is 0.150. The Morgan fingerprint density at radius 3 is 2.26 bits per heavy atom. The maximum absolute atomic E-state index is 10.8. The van der Waals surface area contributed by atoms with Crippen molar-refractivity contribution in [2.75, 3.05) is 6.61 Å². The number of aliphatic hydroxyl groups excluding tert-OH is 1. The maximum Gasteiger partial charge on any atom is 0.219 e. The summed E-state index contributed by atoms with van der Waals surface area (Å²) in [6.07, 6.45) is 1.01. The van der Waals surface area contributed by atoms with E-state index in [4.69, 9.17) is 4.74 Å². The molecule has 0 aliphatic heterocycles. The van der Waals surface area contributed by atoms with Crippen molar-refractivity contribution in [3.8, 4) is 17.0 Å². The highest BCUT2D eigenvalue weighted by atomic mass is 16.5. The van der Waals surface area contributed by atoms with Gasteiger partial charge >= 0.3 is 0 Å². The highest BCUT2D eigenvalue weighted by molar-refractivity contribution is 5.64. The highest BCUT2D eigenvalue weighted by Gasteiger charge is 2.18. The van der Waals surface area contributed by atoms with Crippen LogP contribution in [0.1, 0.15) is 24.2 Å². The van der Waals surface area contributed by atoms with Crippen LogP contribution in [0.5, 0.6) is 5.88 Å². The van der Waals surface area contributed by atoms with Crippen LogP contribution in [0.3, 0.4) is 0 Å². The zero-order chi connectivity index (χ0) is 16.1. The van der Waals surface area contributed by atoms with Crippen molar-refractivity contribution in [3.63, 3.8) is 0 Å². The van der Waals surface area contributed by atoms with Crippen LogP contribution in [-0.2, 0) is 0 Å². The largest absolute Gasteiger partial charge is 0.478 e. The predicted molar refractivity (Wildman–Crippen MR) is 91.3 cm³/mol. The number of pyridine rings is 1. The second kappa shape index (κ2) is 7.07. The molecule has 1 heterocycles. The zero-order valence-electron chi connectivity index (χ0n) is 13.0. The van der Waals surface area contributed by atoms with Gasteiger partial charge in [-0.1, -0.05) is 60.7 Å². The van der Waals surface area contributed by atoms with Gasteiger partial charge in [-0.05, 0) is 24.1 Å². The maximum atomic E-state index is 10.8. The van der Waals surface area contributed by atoms with E-state index in [1.807, 2.05) is 73.7 Å². The van der Waals surface area contributed by atoms with E-state index >= 15 is 0 Å². The van der Waals surface area contributed by atoms with E-state index in [1.54, 1.807) is 6.20 Å². The smallest absolute Gasteiger partial charge is 0.219 e. The number of hydrogen-bond donors (Lipinski definition) is 1. The van der Waals surface area contributed by atoms with Crippen LogP contribution in [0, 0.1) is 0 Å². The van der Waals surface area contributed by atoms with Gasteiger partial charge in [-0.15, -0.1) is 0 Å². The summed E-state index contributed by atoms with van der Waals surface area (Å²) in [4.78, 5) is 4.41. The van der Waals surface area contributed by atoms with E-state index in [1.165, 1.54) is 0 Å². The van der Waals surface area contributed by atoms with Gasteiger partial charge in [0.1, 0.15) is 6.10 Å². The van der Waals surface area contributed by atoms with E-state index in [9.17, 15) is 5.11 Å². The molecule has 0 saturated heterocycles.